The molecule has 14 heavy (non-hydrogen) atoms. The zero-order valence-electron chi connectivity index (χ0n) is 7.73. The molecule has 1 aliphatic carbocycles. The summed E-state index contributed by atoms with van der Waals surface area (Å²) in [5.41, 5.74) is 6.58. The second kappa shape index (κ2) is 3.29. The number of carboxylic acid groups (broad SMARTS) is 1. The molecule has 1 saturated carbocycles. The van der Waals surface area contributed by atoms with Gasteiger partial charge in [0, 0.05) is 6.20 Å². The van der Waals surface area contributed by atoms with Crippen LogP contribution in [0.2, 0.25) is 0 Å². The van der Waals surface area contributed by atoms with E-state index in [1.54, 1.807) is 12.3 Å². The van der Waals surface area contributed by atoms with E-state index in [9.17, 15) is 4.79 Å². The molecule has 0 atom stereocenters. The number of carbonyl (C=O) groups is 1. The normalized spacial score (nSPS) is 16.3. The first kappa shape index (κ1) is 8.99. The van der Waals surface area contributed by atoms with Crippen molar-refractivity contribution in [2.45, 2.75) is 25.2 Å². The molecule has 0 saturated heterocycles. The number of anilines is 1. The van der Waals surface area contributed by atoms with E-state index in [0.717, 1.165) is 18.4 Å². The molecular weight excluding hydrogens is 180 g/mol. The monoisotopic (exact) mass is 192 g/mol. The summed E-state index contributed by atoms with van der Waals surface area (Å²) in [6.45, 7) is 0. The Kier molecular flexibility index (Phi) is 2.11. The van der Waals surface area contributed by atoms with Crippen molar-refractivity contribution in [3.05, 3.63) is 23.4 Å². The minimum absolute atomic E-state index is 0.0978. The van der Waals surface area contributed by atoms with Crippen LogP contribution in [0.25, 0.3) is 0 Å². The molecule has 1 aromatic rings. The van der Waals surface area contributed by atoms with Gasteiger partial charge in [-0.25, -0.2) is 9.78 Å². The molecule has 1 heterocycles. The summed E-state index contributed by atoms with van der Waals surface area (Å²) in [5, 5.41) is 8.84. The summed E-state index contributed by atoms with van der Waals surface area (Å²) < 4.78 is 0. The van der Waals surface area contributed by atoms with E-state index in [2.05, 4.69) is 4.98 Å². The predicted octanol–water partition coefficient (Wildman–Crippen LogP) is 1.63. The van der Waals surface area contributed by atoms with Crippen LogP contribution in [0.1, 0.15) is 41.1 Å². The standard InChI is InChI=1S/C10H12N2O2/c11-9-8(10(13)14)4-7(5-12-9)6-2-1-3-6/h4-6H,1-3H2,(H2,11,12)(H,13,14). The molecule has 0 aliphatic heterocycles. The highest BCUT2D eigenvalue weighted by atomic mass is 16.4. The fourth-order valence-electron chi connectivity index (χ4n) is 1.63. The van der Waals surface area contributed by atoms with Crippen molar-refractivity contribution >= 4 is 11.8 Å². The minimum atomic E-state index is -1.00. The van der Waals surface area contributed by atoms with Crippen molar-refractivity contribution in [3.63, 3.8) is 0 Å². The average Bonchev–Trinajstić information content (AvgIpc) is 2.04. The fourth-order valence-corrected chi connectivity index (χ4v) is 1.63. The molecule has 0 spiro atoms. The average molecular weight is 192 g/mol. The molecule has 2 rings (SSSR count). The van der Waals surface area contributed by atoms with Gasteiger partial charge in [-0.2, -0.15) is 0 Å². The van der Waals surface area contributed by atoms with E-state index >= 15 is 0 Å². The third-order valence-electron chi connectivity index (χ3n) is 2.75. The molecule has 0 aromatic carbocycles. The van der Waals surface area contributed by atoms with Crippen molar-refractivity contribution in [3.8, 4) is 0 Å². The topological polar surface area (TPSA) is 76.2 Å². The molecule has 0 bridgehead atoms. The maximum absolute atomic E-state index is 10.8. The zero-order valence-corrected chi connectivity index (χ0v) is 7.73. The Morgan fingerprint density at radius 2 is 2.29 bits per heavy atom. The second-order valence-corrected chi connectivity index (χ2v) is 3.63. The molecule has 3 N–H and O–H groups in total. The first-order valence-electron chi connectivity index (χ1n) is 4.67. The highest BCUT2D eigenvalue weighted by molar-refractivity contribution is 5.92. The number of nitrogen functional groups attached to an aromatic ring is 1. The van der Waals surface area contributed by atoms with Crippen molar-refractivity contribution in [1.29, 1.82) is 0 Å². The summed E-state index contributed by atoms with van der Waals surface area (Å²) >= 11 is 0. The third kappa shape index (κ3) is 1.43. The summed E-state index contributed by atoms with van der Waals surface area (Å²) in [5.74, 6) is -0.419. The van der Waals surface area contributed by atoms with Crippen LogP contribution in [0.3, 0.4) is 0 Å². The van der Waals surface area contributed by atoms with Gasteiger partial charge in [0.05, 0.1) is 0 Å². The quantitative estimate of drug-likeness (QED) is 0.746. The van der Waals surface area contributed by atoms with Crippen LogP contribution in [-0.4, -0.2) is 16.1 Å². The molecule has 0 radical (unpaired) electrons. The second-order valence-electron chi connectivity index (χ2n) is 3.63. The van der Waals surface area contributed by atoms with Crippen LogP contribution < -0.4 is 5.73 Å². The molecule has 4 heteroatoms. The number of hydrogen-bond donors (Lipinski definition) is 2. The van der Waals surface area contributed by atoms with Gasteiger partial charge in [0.15, 0.2) is 0 Å². The summed E-state index contributed by atoms with van der Waals surface area (Å²) in [6.07, 6.45) is 5.17. The molecule has 0 amide bonds. The number of aromatic nitrogens is 1. The number of hydrogen-bond acceptors (Lipinski definition) is 3. The van der Waals surface area contributed by atoms with Gasteiger partial charge in [0.1, 0.15) is 11.4 Å². The van der Waals surface area contributed by atoms with Crippen LogP contribution in [0.15, 0.2) is 12.3 Å². The Morgan fingerprint density at radius 1 is 1.57 bits per heavy atom. The lowest BCUT2D eigenvalue weighted by Gasteiger charge is -2.25. The SMILES string of the molecule is Nc1ncc(C2CCC2)cc1C(=O)O. The number of pyridine rings is 1. The molecule has 1 aromatic heterocycles. The van der Waals surface area contributed by atoms with Crippen molar-refractivity contribution in [1.82, 2.24) is 4.98 Å². The maximum Gasteiger partial charge on any atom is 0.339 e. The Bertz CT molecular complexity index is 372. The molecule has 1 aliphatic rings. The zero-order chi connectivity index (χ0) is 10.1. The van der Waals surface area contributed by atoms with Crippen molar-refractivity contribution in [2.24, 2.45) is 0 Å². The number of carboxylic acids is 1. The summed E-state index contributed by atoms with van der Waals surface area (Å²) in [7, 11) is 0. The summed E-state index contributed by atoms with van der Waals surface area (Å²) in [6, 6.07) is 1.65. The number of nitrogens with zero attached hydrogens (tertiary/aromatic N) is 1. The van der Waals surface area contributed by atoms with Crippen LogP contribution in [-0.2, 0) is 0 Å². The van der Waals surface area contributed by atoms with Gasteiger partial charge in [-0.3, -0.25) is 0 Å². The Morgan fingerprint density at radius 3 is 2.79 bits per heavy atom. The third-order valence-corrected chi connectivity index (χ3v) is 2.75. The lowest BCUT2D eigenvalue weighted by molar-refractivity contribution is 0.0697. The Hall–Kier alpha value is -1.58. The van der Waals surface area contributed by atoms with Gasteiger partial charge in [-0.05, 0) is 30.4 Å². The minimum Gasteiger partial charge on any atom is -0.478 e. The van der Waals surface area contributed by atoms with Crippen molar-refractivity contribution < 1.29 is 9.90 Å². The Labute approximate surface area is 81.8 Å². The van der Waals surface area contributed by atoms with E-state index in [4.69, 9.17) is 10.8 Å². The van der Waals surface area contributed by atoms with Crippen LogP contribution >= 0.6 is 0 Å². The highest BCUT2D eigenvalue weighted by Crippen LogP contribution is 2.36. The van der Waals surface area contributed by atoms with E-state index < -0.39 is 5.97 Å². The maximum atomic E-state index is 10.8. The largest absolute Gasteiger partial charge is 0.478 e. The van der Waals surface area contributed by atoms with Crippen LogP contribution in [0.4, 0.5) is 5.82 Å². The van der Waals surface area contributed by atoms with Crippen LogP contribution in [0, 0.1) is 0 Å². The van der Waals surface area contributed by atoms with E-state index in [1.165, 1.54) is 6.42 Å². The fraction of sp³-hybridized carbons (Fsp3) is 0.400. The lowest BCUT2D eigenvalue weighted by atomic mass is 9.80. The number of aromatic carboxylic acids is 1. The molecule has 0 unspecified atom stereocenters. The van der Waals surface area contributed by atoms with Gasteiger partial charge in [0.2, 0.25) is 0 Å². The van der Waals surface area contributed by atoms with Crippen LogP contribution in [0.5, 0.6) is 0 Å². The number of rotatable bonds is 2. The predicted molar refractivity (Wildman–Crippen MR) is 52.2 cm³/mol. The van der Waals surface area contributed by atoms with Gasteiger partial charge >= 0.3 is 5.97 Å². The molecule has 1 fully saturated rings. The van der Waals surface area contributed by atoms with E-state index in [0.29, 0.717) is 5.92 Å². The first-order chi connectivity index (χ1) is 6.68. The lowest BCUT2D eigenvalue weighted by Crippen LogP contribution is -2.12. The van der Waals surface area contributed by atoms with E-state index in [1.807, 2.05) is 0 Å². The number of nitrogens with two attached hydrogens (primary N) is 1. The molecule has 74 valence electrons. The first-order valence-corrected chi connectivity index (χ1v) is 4.67. The smallest absolute Gasteiger partial charge is 0.339 e. The molecule has 4 nitrogen and oxygen atoms in total. The summed E-state index contributed by atoms with van der Waals surface area (Å²) in [4.78, 5) is 14.7. The van der Waals surface area contributed by atoms with Gasteiger partial charge < -0.3 is 10.8 Å². The highest BCUT2D eigenvalue weighted by Gasteiger charge is 2.21. The van der Waals surface area contributed by atoms with Gasteiger partial charge in [0.25, 0.3) is 0 Å². The van der Waals surface area contributed by atoms with Gasteiger partial charge in [-0.15, -0.1) is 0 Å². The van der Waals surface area contributed by atoms with Gasteiger partial charge in [-0.1, -0.05) is 6.42 Å². The van der Waals surface area contributed by atoms with E-state index in [-0.39, 0.29) is 11.4 Å². The van der Waals surface area contributed by atoms with Crippen molar-refractivity contribution in [2.75, 3.05) is 5.73 Å². The molecular formula is C10H12N2O2. The Balaban J connectivity index is 2.34.